The van der Waals surface area contributed by atoms with E-state index in [-0.39, 0.29) is 11.8 Å². The van der Waals surface area contributed by atoms with Gasteiger partial charge in [-0.15, -0.1) is 0 Å². The van der Waals surface area contributed by atoms with Gasteiger partial charge in [0, 0.05) is 13.2 Å². The van der Waals surface area contributed by atoms with Crippen LogP contribution in [0, 0.1) is 0 Å². The Labute approximate surface area is 77.9 Å². The standard InChI is InChI=1S/C9H15N3O/c1-7(10-2)9(13)6-8-4-5-12(3)11-8/h4-5,7,10H,6H2,1-3H3. The van der Waals surface area contributed by atoms with Crippen molar-refractivity contribution in [2.45, 2.75) is 19.4 Å². The molecule has 13 heavy (non-hydrogen) atoms. The van der Waals surface area contributed by atoms with Crippen molar-refractivity contribution in [3.05, 3.63) is 18.0 Å². The van der Waals surface area contributed by atoms with Crippen LogP contribution in [0.25, 0.3) is 0 Å². The molecule has 1 rings (SSSR count). The molecule has 4 nitrogen and oxygen atoms in total. The van der Waals surface area contributed by atoms with Gasteiger partial charge >= 0.3 is 0 Å². The largest absolute Gasteiger partial charge is 0.311 e. The molecule has 0 fully saturated rings. The van der Waals surface area contributed by atoms with Crippen molar-refractivity contribution in [1.29, 1.82) is 0 Å². The summed E-state index contributed by atoms with van der Waals surface area (Å²) < 4.78 is 1.70. The molecule has 72 valence electrons. The zero-order chi connectivity index (χ0) is 9.84. The van der Waals surface area contributed by atoms with Gasteiger partial charge in [0.1, 0.15) is 0 Å². The number of nitrogens with zero attached hydrogens (tertiary/aromatic N) is 2. The molecule has 0 saturated heterocycles. The number of hydrogen-bond donors (Lipinski definition) is 1. The molecule has 1 unspecified atom stereocenters. The van der Waals surface area contributed by atoms with Gasteiger partial charge in [0.2, 0.25) is 0 Å². The number of aryl methyl sites for hydroxylation is 1. The highest BCUT2D eigenvalue weighted by Crippen LogP contribution is 1.98. The second-order valence-corrected chi connectivity index (χ2v) is 3.13. The van der Waals surface area contributed by atoms with Crippen LogP contribution >= 0.6 is 0 Å². The maximum absolute atomic E-state index is 11.4. The lowest BCUT2D eigenvalue weighted by atomic mass is 10.1. The van der Waals surface area contributed by atoms with Crippen LogP contribution in [0.5, 0.6) is 0 Å². The van der Waals surface area contributed by atoms with Gasteiger partial charge in [-0.3, -0.25) is 9.48 Å². The minimum atomic E-state index is -0.0954. The first-order chi connectivity index (χ1) is 6.13. The predicted molar refractivity (Wildman–Crippen MR) is 50.4 cm³/mol. The Bertz CT molecular complexity index is 293. The number of hydrogen-bond acceptors (Lipinski definition) is 3. The summed E-state index contributed by atoms with van der Waals surface area (Å²) in [6.45, 7) is 1.85. The minimum absolute atomic E-state index is 0.0954. The molecule has 0 radical (unpaired) electrons. The lowest BCUT2D eigenvalue weighted by Crippen LogP contribution is -2.32. The van der Waals surface area contributed by atoms with E-state index < -0.39 is 0 Å². The van der Waals surface area contributed by atoms with Gasteiger partial charge in [0.05, 0.1) is 18.2 Å². The van der Waals surface area contributed by atoms with Crippen molar-refractivity contribution in [1.82, 2.24) is 15.1 Å². The normalized spacial score (nSPS) is 12.8. The molecule has 1 aromatic rings. The van der Waals surface area contributed by atoms with E-state index in [1.54, 1.807) is 11.7 Å². The summed E-state index contributed by atoms with van der Waals surface area (Å²) >= 11 is 0. The van der Waals surface area contributed by atoms with Gasteiger partial charge in [0.15, 0.2) is 5.78 Å². The average molecular weight is 181 g/mol. The third kappa shape index (κ3) is 2.66. The third-order valence-corrected chi connectivity index (χ3v) is 2.04. The lowest BCUT2D eigenvalue weighted by molar-refractivity contribution is -0.119. The Morgan fingerprint density at radius 2 is 2.46 bits per heavy atom. The van der Waals surface area contributed by atoms with E-state index in [1.807, 2.05) is 26.2 Å². The van der Waals surface area contributed by atoms with E-state index >= 15 is 0 Å². The molecule has 0 saturated carbocycles. The monoisotopic (exact) mass is 181 g/mol. The summed E-state index contributed by atoms with van der Waals surface area (Å²) in [6.07, 6.45) is 2.25. The molecule has 0 amide bonds. The molecular formula is C9H15N3O. The Kier molecular flexibility index (Phi) is 3.19. The molecule has 1 heterocycles. The highest BCUT2D eigenvalue weighted by molar-refractivity contribution is 5.85. The van der Waals surface area contributed by atoms with Crippen LogP contribution in [0.1, 0.15) is 12.6 Å². The number of Topliss-reactive ketones (excluding diaryl/α,β-unsaturated/α-hetero) is 1. The first-order valence-electron chi connectivity index (χ1n) is 4.32. The van der Waals surface area contributed by atoms with Crippen molar-refractivity contribution in [2.75, 3.05) is 7.05 Å². The third-order valence-electron chi connectivity index (χ3n) is 2.04. The fraction of sp³-hybridized carbons (Fsp3) is 0.556. The molecule has 1 atom stereocenters. The summed E-state index contributed by atoms with van der Waals surface area (Å²) in [5.74, 6) is 0.168. The van der Waals surface area contributed by atoms with Crippen molar-refractivity contribution in [2.24, 2.45) is 7.05 Å². The first-order valence-corrected chi connectivity index (χ1v) is 4.32. The van der Waals surface area contributed by atoms with Crippen LogP contribution in [0.15, 0.2) is 12.3 Å². The molecule has 0 aliphatic heterocycles. The fourth-order valence-corrected chi connectivity index (χ4v) is 1.05. The van der Waals surface area contributed by atoms with Crippen LogP contribution in [0.2, 0.25) is 0 Å². The van der Waals surface area contributed by atoms with Gasteiger partial charge in [0.25, 0.3) is 0 Å². The quantitative estimate of drug-likeness (QED) is 0.718. The van der Waals surface area contributed by atoms with E-state index in [0.29, 0.717) is 6.42 Å². The van der Waals surface area contributed by atoms with Crippen molar-refractivity contribution < 1.29 is 4.79 Å². The topological polar surface area (TPSA) is 46.9 Å². The zero-order valence-corrected chi connectivity index (χ0v) is 8.24. The minimum Gasteiger partial charge on any atom is -0.311 e. The number of rotatable bonds is 4. The first kappa shape index (κ1) is 9.92. The van der Waals surface area contributed by atoms with Gasteiger partial charge in [-0.1, -0.05) is 0 Å². The number of likely N-dealkylation sites (N-methyl/N-ethyl adjacent to an activating group) is 1. The number of ketones is 1. The van der Waals surface area contributed by atoms with E-state index in [0.717, 1.165) is 5.69 Å². The van der Waals surface area contributed by atoms with Crippen LogP contribution in [0.3, 0.4) is 0 Å². The van der Waals surface area contributed by atoms with E-state index in [9.17, 15) is 4.79 Å². The van der Waals surface area contributed by atoms with Gasteiger partial charge < -0.3 is 5.32 Å². The molecule has 0 spiro atoms. The molecule has 0 bridgehead atoms. The Balaban J connectivity index is 2.54. The second-order valence-electron chi connectivity index (χ2n) is 3.13. The Hall–Kier alpha value is -1.16. The second kappa shape index (κ2) is 4.18. The van der Waals surface area contributed by atoms with E-state index in [4.69, 9.17) is 0 Å². The SMILES string of the molecule is CNC(C)C(=O)Cc1ccn(C)n1. The highest BCUT2D eigenvalue weighted by atomic mass is 16.1. The van der Waals surface area contributed by atoms with Crippen molar-refractivity contribution >= 4 is 5.78 Å². The van der Waals surface area contributed by atoms with Gasteiger partial charge in [-0.2, -0.15) is 5.10 Å². The van der Waals surface area contributed by atoms with Crippen LogP contribution in [-0.4, -0.2) is 28.7 Å². The molecule has 1 N–H and O–H groups in total. The average Bonchev–Trinajstić information content (AvgIpc) is 2.49. The maximum Gasteiger partial charge on any atom is 0.155 e. The summed E-state index contributed by atoms with van der Waals surface area (Å²) in [4.78, 5) is 11.4. The number of aromatic nitrogens is 2. The molecule has 4 heteroatoms. The number of carbonyl (C=O) groups is 1. The fourth-order valence-electron chi connectivity index (χ4n) is 1.05. The Morgan fingerprint density at radius 3 is 2.92 bits per heavy atom. The summed E-state index contributed by atoms with van der Waals surface area (Å²) in [5.41, 5.74) is 0.828. The highest BCUT2D eigenvalue weighted by Gasteiger charge is 2.11. The predicted octanol–water partition coefficient (Wildman–Crippen LogP) is 0.140. The molecule has 0 aliphatic rings. The van der Waals surface area contributed by atoms with Crippen LogP contribution < -0.4 is 5.32 Å². The molecule has 0 aliphatic carbocycles. The van der Waals surface area contributed by atoms with Crippen LogP contribution in [0.4, 0.5) is 0 Å². The Morgan fingerprint density at radius 1 is 1.77 bits per heavy atom. The summed E-state index contributed by atoms with van der Waals surface area (Å²) in [5, 5.41) is 7.04. The van der Waals surface area contributed by atoms with Gasteiger partial charge in [-0.05, 0) is 20.0 Å². The lowest BCUT2D eigenvalue weighted by Gasteiger charge is -2.06. The van der Waals surface area contributed by atoms with E-state index in [1.165, 1.54) is 0 Å². The summed E-state index contributed by atoms with van der Waals surface area (Å²) in [7, 11) is 3.62. The number of carbonyl (C=O) groups excluding carboxylic acids is 1. The maximum atomic E-state index is 11.4. The molecule has 0 aromatic carbocycles. The number of nitrogens with one attached hydrogen (secondary N) is 1. The smallest absolute Gasteiger partial charge is 0.155 e. The van der Waals surface area contributed by atoms with Crippen LogP contribution in [-0.2, 0) is 18.3 Å². The zero-order valence-electron chi connectivity index (χ0n) is 8.24. The van der Waals surface area contributed by atoms with E-state index in [2.05, 4.69) is 10.4 Å². The molecular weight excluding hydrogens is 166 g/mol. The summed E-state index contributed by atoms with van der Waals surface area (Å²) in [6, 6.07) is 1.77. The van der Waals surface area contributed by atoms with Crippen molar-refractivity contribution in [3.8, 4) is 0 Å². The van der Waals surface area contributed by atoms with Crippen molar-refractivity contribution in [3.63, 3.8) is 0 Å². The van der Waals surface area contributed by atoms with Gasteiger partial charge in [-0.25, -0.2) is 0 Å². The molecule has 1 aromatic heterocycles.